The molecule has 2 aromatic carbocycles. The Hall–Kier alpha value is -9.47. The van der Waals surface area contributed by atoms with Gasteiger partial charge in [0.2, 0.25) is 65.0 Å². The fraction of sp³-hybridized carbons (Fsp3) is 0.645. The van der Waals surface area contributed by atoms with Gasteiger partial charge in [-0.25, -0.2) is 4.79 Å². The molecule has 1 aromatic heterocycles. The summed E-state index contributed by atoms with van der Waals surface area (Å²) in [6, 6.07) is 5.45. The quantitative estimate of drug-likeness (QED) is 0.0219. The van der Waals surface area contributed by atoms with Gasteiger partial charge < -0.3 is 105 Å². The molecule has 1 saturated heterocycles. The largest absolute Gasteiger partial charge is 0.377 e. The third-order valence-electron chi connectivity index (χ3n) is 18.2. The van der Waals surface area contributed by atoms with Gasteiger partial charge in [0.05, 0.1) is 39.6 Å². The summed E-state index contributed by atoms with van der Waals surface area (Å²) < 4.78 is 22.0. The molecule has 2 heterocycles. The maximum Gasteiger partial charge on any atom is 0.312 e. The fourth-order valence-electron chi connectivity index (χ4n) is 12.1. The van der Waals surface area contributed by atoms with Crippen LogP contribution in [0.25, 0.3) is 10.9 Å². The van der Waals surface area contributed by atoms with Gasteiger partial charge >= 0.3 is 6.03 Å². The first kappa shape index (κ1) is 91.9. The fourth-order valence-corrected chi connectivity index (χ4v) is 12.1. The van der Waals surface area contributed by atoms with E-state index in [0.29, 0.717) is 56.4 Å². The van der Waals surface area contributed by atoms with E-state index < -0.39 is 108 Å². The lowest BCUT2D eigenvalue weighted by atomic mass is 10.0. The number of aromatic nitrogens is 1. The van der Waals surface area contributed by atoms with Crippen LogP contribution in [0.1, 0.15) is 185 Å². The lowest BCUT2D eigenvalue weighted by Crippen LogP contribution is -2.60. The molecule has 1 aliphatic heterocycles. The zero-order valence-electron chi connectivity index (χ0n) is 63.9. The second kappa shape index (κ2) is 55.9. The van der Waals surface area contributed by atoms with Crippen LogP contribution in [-0.4, -0.2) is 210 Å². The number of nitrogens with two attached hydrogens (primary N) is 3. The van der Waals surface area contributed by atoms with Gasteiger partial charge in [-0.05, 0) is 87.8 Å². The Morgan fingerprint density at radius 1 is 0.523 bits per heavy atom. The Bertz CT molecular complexity index is 3250. The predicted octanol–water partition coefficient (Wildman–Crippen LogP) is 2.20. The number of fused-ring (bicyclic) bond motifs is 1. The molecule has 0 bridgehead atoms. The lowest BCUT2D eigenvalue weighted by Gasteiger charge is -2.28. The van der Waals surface area contributed by atoms with Gasteiger partial charge in [0.1, 0.15) is 55.5 Å². The van der Waals surface area contributed by atoms with Gasteiger partial charge in [0, 0.05) is 75.5 Å². The number of carbonyl (C=O) groups is 12. The van der Waals surface area contributed by atoms with E-state index in [-0.39, 0.29) is 154 Å². The van der Waals surface area contributed by atoms with E-state index in [1.165, 1.54) is 51.4 Å². The molecule has 0 aliphatic carbocycles. The van der Waals surface area contributed by atoms with Gasteiger partial charge in [-0.1, -0.05) is 139 Å². The van der Waals surface area contributed by atoms with Crippen molar-refractivity contribution in [1.82, 2.24) is 68.8 Å². The molecule has 33 heteroatoms. The van der Waals surface area contributed by atoms with Gasteiger partial charge in [-0.15, -0.1) is 0 Å². The topological polar surface area (TPSA) is 504 Å². The highest BCUT2D eigenvalue weighted by atomic mass is 16.5. The summed E-state index contributed by atoms with van der Waals surface area (Å²) in [4.78, 5) is 167. The lowest BCUT2D eigenvalue weighted by molar-refractivity contribution is -0.136. The van der Waals surface area contributed by atoms with Crippen LogP contribution in [0, 0.1) is 5.41 Å². The first-order valence-electron chi connectivity index (χ1n) is 38.9. The van der Waals surface area contributed by atoms with Crippen molar-refractivity contribution in [2.45, 2.75) is 230 Å². The number of H-pyrrole nitrogens is 1. The van der Waals surface area contributed by atoms with E-state index in [9.17, 15) is 57.5 Å². The van der Waals surface area contributed by atoms with Crippen molar-refractivity contribution < 1.29 is 76.5 Å². The van der Waals surface area contributed by atoms with Gasteiger partial charge in [0.25, 0.3) is 0 Å². The maximum atomic E-state index is 14.9. The number of ether oxygens (including phenoxy) is 4. The number of aromatic amines is 1. The van der Waals surface area contributed by atoms with Crippen molar-refractivity contribution in [1.29, 1.82) is 5.41 Å². The Morgan fingerprint density at radius 2 is 1.06 bits per heavy atom. The van der Waals surface area contributed by atoms with E-state index in [0.717, 1.165) is 30.2 Å². The van der Waals surface area contributed by atoms with Crippen molar-refractivity contribution in [2.24, 2.45) is 17.2 Å². The van der Waals surface area contributed by atoms with Crippen molar-refractivity contribution in [3.05, 3.63) is 71.9 Å². The zero-order chi connectivity index (χ0) is 79.2. The molecule has 0 saturated carbocycles. The van der Waals surface area contributed by atoms with Crippen LogP contribution in [0.4, 0.5) is 4.79 Å². The molecular weight excluding hydrogens is 1410 g/mol. The number of hydrogen-bond donors (Lipinski definition) is 17. The Kier molecular flexibility index (Phi) is 47.1. The molecule has 109 heavy (non-hydrogen) atoms. The first-order valence-corrected chi connectivity index (χ1v) is 38.9. The highest BCUT2D eigenvalue weighted by Gasteiger charge is 2.35. The van der Waals surface area contributed by atoms with Crippen LogP contribution in [0.2, 0.25) is 0 Å². The summed E-state index contributed by atoms with van der Waals surface area (Å²) in [5.41, 5.74) is 18.8. The molecule has 0 spiro atoms. The smallest absolute Gasteiger partial charge is 0.312 e. The molecular formula is C76H123N17O16. The predicted molar refractivity (Wildman–Crippen MR) is 411 cm³/mol. The van der Waals surface area contributed by atoms with E-state index in [1.54, 1.807) is 42.6 Å². The molecule has 608 valence electrons. The van der Waals surface area contributed by atoms with Crippen LogP contribution in [0.5, 0.6) is 0 Å². The summed E-state index contributed by atoms with van der Waals surface area (Å²) in [6.45, 7) is 5.09. The Morgan fingerprint density at radius 3 is 1.69 bits per heavy atom. The summed E-state index contributed by atoms with van der Waals surface area (Å²) in [5, 5.41) is 41.1. The van der Waals surface area contributed by atoms with Gasteiger partial charge in [-0.2, -0.15) is 0 Å². The summed E-state index contributed by atoms with van der Waals surface area (Å²) >= 11 is 0. The molecule has 0 unspecified atom stereocenters. The Balaban J connectivity index is 1.41. The molecule has 7 atom stereocenters. The van der Waals surface area contributed by atoms with Crippen LogP contribution in [-0.2, 0) is 84.5 Å². The normalized spacial score (nSPS) is 18.3. The Labute approximate surface area is 640 Å². The minimum absolute atomic E-state index is 0.0114. The average molecular weight is 1530 g/mol. The van der Waals surface area contributed by atoms with Gasteiger partial charge in [0.15, 0.2) is 5.96 Å². The molecule has 13 amide bonds. The molecule has 4 rings (SSSR count). The molecule has 33 nitrogen and oxygen atoms in total. The maximum absolute atomic E-state index is 14.9. The van der Waals surface area contributed by atoms with Crippen LogP contribution >= 0.6 is 0 Å². The monoisotopic (exact) mass is 1530 g/mol. The zero-order valence-corrected chi connectivity index (χ0v) is 63.9. The molecule has 1 fully saturated rings. The summed E-state index contributed by atoms with van der Waals surface area (Å²) in [6.07, 6.45) is 16.9. The second-order valence-electron chi connectivity index (χ2n) is 27.3. The number of para-hydroxylation sites is 1. The number of urea groups is 1. The number of amides is 13. The minimum atomic E-state index is -1.48. The first-order chi connectivity index (χ1) is 52.7. The van der Waals surface area contributed by atoms with Crippen LogP contribution in [0.15, 0.2) is 60.8 Å². The average Bonchev–Trinajstić information content (AvgIpc) is 1.71. The van der Waals surface area contributed by atoms with E-state index in [2.05, 4.69) is 75.7 Å². The number of rotatable bonds is 47. The molecule has 20 N–H and O–H groups in total. The number of hydrogen-bond acceptors (Lipinski definition) is 17. The number of primary amides is 2. The number of unbranched alkanes of at least 4 members (excludes halogenated alkanes) is 11. The highest BCUT2D eigenvalue weighted by Crippen LogP contribution is 2.21. The van der Waals surface area contributed by atoms with Crippen molar-refractivity contribution >= 4 is 87.9 Å². The van der Waals surface area contributed by atoms with Crippen molar-refractivity contribution in [3.8, 4) is 0 Å². The van der Waals surface area contributed by atoms with Crippen molar-refractivity contribution in [2.75, 3.05) is 85.6 Å². The second-order valence-corrected chi connectivity index (χ2v) is 27.3. The number of guanidine groups is 1. The highest BCUT2D eigenvalue weighted by molar-refractivity contribution is 5.98. The number of benzene rings is 2. The van der Waals surface area contributed by atoms with Crippen LogP contribution < -0.4 is 81.0 Å². The number of nitrogens with one attached hydrogen (secondary N) is 14. The molecule has 0 radical (unpaired) electrons. The third kappa shape index (κ3) is 41.1. The molecule has 3 aromatic rings. The summed E-state index contributed by atoms with van der Waals surface area (Å²) in [5.74, 6) is -7.65. The van der Waals surface area contributed by atoms with E-state index in [1.807, 2.05) is 25.1 Å². The van der Waals surface area contributed by atoms with E-state index >= 15 is 0 Å². The van der Waals surface area contributed by atoms with Gasteiger partial charge in [-0.3, -0.25) is 58.1 Å². The van der Waals surface area contributed by atoms with Crippen molar-refractivity contribution in [3.63, 3.8) is 0 Å². The molecule has 1 aliphatic rings. The third-order valence-corrected chi connectivity index (χ3v) is 18.2. The SMILES string of the molecule is CCCCCCCCCCCCCC(=O)NCCOCCOCC(=O)NCCOCCOCC(=O)N[C@@H](CCCC)C(=O)N[C@H]1CCCC(=O)NCCCC[C@@H](C(N)=O)NC(=O)[C@H](Cc2c[nH]c3ccccc23)NC(=O)[C@H](CCCNC(=N)N)NC(=O)[C@@H](Cc2ccccc2)NC(=O)[C@H](CCCNC(N)=O)NC1=O. The summed E-state index contributed by atoms with van der Waals surface area (Å²) in [7, 11) is 0. The van der Waals surface area contributed by atoms with Crippen LogP contribution in [0.3, 0.4) is 0 Å². The number of carbonyl (C=O) groups excluding carboxylic acids is 12. The van der Waals surface area contributed by atoms with E-state index in [4.69, 9.17) is 41.6 Å². The minimum Gasteiger partial charge on any atom is -0.377 e. The standard InChI is InChI=1S/C76H123N17O16/c1-3-5-7-8-9-10-11-12-13-14-18-35-64(94)82-40-42-106-44-46-108-51-66(96)83-41-43-107-45-47-109-52-67(97)87-58(29-6-4-2)69(99)89-59-32-23-36-65(95)81-37-22-21-31-57(68(77)98)88-74(104)63(49-54-50-86-56-30-20-19-28-55(54)56)93-72(102)61(33-24-38-84-75(78)79)91-73(103)62(48-53-26-16-15-17-27-53)92-71(101)60(90-70(59)100)34-25-39-85-76(80)105/h15-17,19-20,26-28,30,50,57-63,86H,3-14,18,21-25,29,31-49,51-52H2,1-2H3,(H2,77,98)(H,81,95)(H,82,94)(H,83,96)(H,87,97)(H,88,104)(H,89,99)(H,90,100)(H,91,103)(H,92,101)(H,93,102)(H4,78,79,84)(H3,80,85,105)/t57-,58-,59-,60-,61-,62+,63-/m0/s1.